The van der Waals surface area contributed by atoms with Crippen LogP contribution in [-0.4, -0.2) is 5.11 Å². The van der Waals surface area contributed by atoms with Gasteiger partial charge in [0.15, 0.2) is 0 Å². The van der Waals surface area contributed by atoms with Crippen molar-refractivity contribution in [3.63, 3.8) is 0 Å². The molecular weight excluding hydrogens is 300 g/mol. The van der Waals surface area contributed by atoms with Crippen LogP contribution in [0.1, 0.15) is 40.7 Å². The molecule has 0 amide bonds. The molecule has 1 aliphatic rings. The molecule has 19 heavy (non-hydrogen) atoms. The van der Waals surface area contributed by atoms with E-state index in [4.69, 9.17) is 0 Å². The Hall–Kier alpha value is -1.12. The van der Waals surface area contributed by atoms with Gasteiger partial charge in [-0.2, -0.15) is 0 Å². The van der Waals surface area contributed by atoms with Gasteiger partial charge in [0.25, 0.3) is 0 Å². The largest absolute Gasteiger partial charge is 0.388 e. The fourth-order valence-corrected chi connectivity index (χ4v) is 3.34. The third kappa shape index (κ3) is 2.35. The molecule has 0 bridgehead atoms. The predicted molar refractivity (Wildman–Crippen MR) is 81.3 cm³/mol. The molecule has 2 aromatic rings. The Labute approximate surface area is 122 Å². The summed E-state index contributed by atoms with van der Waals surface area (Å²) in [6.45, 7) is 2.05. The summed E-state index contributed by atoms with van der Waals surface area (Å²) in [5.74, 6) is 0.504. The van der Waals surface area contributed by atoms with Crippen LogP contribution in [-0.2, 0) is 6.42 Å². The van der Waals surface area contributed by atoms with E-state index in [9.17, 15) is 5.11 Å². The van der Waals surface area contributed by atoms with Crippen molar-refractivity contribution in [3.8, 4) is 0 Å². The summed E-state index contributed by atoms with van der Waals surface area (Å²) in [6.07, 6.45) is 1.53. The fraction of sp³-hybridized carbons (Fsp3) is 0.294. The van der Waals surface area contributed by atoms with Gasteiger partial charge in [-0.05, 0) is 54.0 Å². The van der Waals surface area contributed by atoms with E-state index in [2.05, 4.69) is 47.1 Å². The summed E-state index contributed by atoms with van der Waals surface area (Å²) in [5, 5.41) is 10.5. The van der Waals surface area contributed by atoms with Crippen LogP contribution < -0.4 is 0 Å². The van der Waals surface area contributed by atoms with Crippen molar-refractivity contribution in [2.75, 3.05) is 0 Å². The van der Waals surface area contributed by atoms with Gasteiger partial charge >= 0.3 is 0 Å². The second-order valence-corrected chi connectivity index (χ2v) is 6.16. The minimum absolute atomic E-state index is 0.379. The average molecular weight is 317 g/mol. The number of hydrogen-bond donors (Lipinski definition) is 1. The van der Waals surface area contributed by atoms with Crippen LogP contribution in [0.3, 0.4) is 0 Å². The minimum Gasteiger partial charge on any atom is -0.388 e. The van der Waals surface area contributed by atoms with Gasteiger partial charge in [-0.1, -0.05) is 52.3 Å². The Bertz CT molecular complexity index is 606. The van der Waals surface area contributed by atoms with Crippen molar-refractivity contribution in [1.29, 1.82) is 0 Å². The lowest BCUT2D eigenvalue weighted by Gasteiger charge is -2.32. The first-order chi connectivity index (χ1) is 9.16. The van der Waals surface area contributed by atoms with E-state index < -0.39 is 0 Å². The van der Waals surface area contributed by atoms with Crippen LogP contribution in [0.25, 0.3) is 0 Å². The highest BCUT2D eigenvalue weighted by Crippen LogP contribution is 2.41. The zero-order chi connectivity index (χ0) is 13.4. The molecule has 0 aliphatic heterocycles. The number of fused-ring (bicyclic) bond motifs is 1. The van der Waals surface area contributed by atoms with E-state index in [1.807, 2.05) is 18.2 Å². The molecule has 1 N–H and O–H groups in total. The Morgan fingerprint density at radius 2 is 2.00 bits per heavy atom. The molecule has 2 heteroatoms. The standard InChI is InChI=1S/C17H17BrO/c1-11-14(7-4-8-16(11)18)17(19)10-13-9-12-5-2-3-6-15(12)13/h2-8,13,17,19H,9-10H2,1H3. The lowest BCUT2D eigenvalue weighted by Crippen LogP contribution is -2.19. The summed E-state index contributed by atoms with van der Waals surface area (Å²) in [4.78, 5) is 0. The van der Waals surface area contributed by atoms with E-state index in [1.54, 1.807) is 0 Å². The number of aliphatic hydroxyl groups is 1. The van der Waals surface area contributed by atoms with Gasteiger partial charge in [-0.25, -0.2) is 0 Å². The van der Waals surface area contributed by atoms with Crippen LogP contribution >= 0.6 is 15.9 Å². The third-order valence-corrected chi connectivity index (χ3v) is 5.00. The zero-order valence-corrected chi connectivity index (χ0v) is 12.5. The molecule has 0 spiro atoms. The normalized spacial score (nSPS) is 18.6. The van der Waals surface area contributed by atoms with Crippen LogP contribution in [0.15, 0.2) is 46.9 Å². The van der Waals surface area contributed by atoms with Crippen molar-refractivity contribution in [2.45, 2.75) is 31.8 Å². The molecule has 1 nitrogen and oxygen atoms in total. The number of aliphatic hydroxyl groups excluding tert-OH is 1. The van der Waals surface area contributed by atoms with E-state index in [-0.39, 0.29) is 6.10 Å². The van der Waals surface area contributed by atoms with E-state index >= 15 is 0 Å². The molecule has 3 rings (SSSR count). The zero-order valence-electron chi connectivity index (χ0n) is 10.9. The SMILES string of the molecule is Cc1c(Br)cccc1C(O)CC1Cc2ccccc21. The van der Waals surface area contributed by atoms with Gasteiger partial charge in [-0.3, -0.25) is 0 Å². The summed E-state index contributed by atoms with van der Waals surface area (Å²) >= 11 is 3.53. The molecule has 0 aromatic heterocycles. The van der Waals surface area contributed by atoms with Gasteiger partial charge in [0.1, 0.15) is 0 Å². The van der Waals surface area contributed by atoms with Gasteiger partial charge in [-0.15, -0.1) is 0 Å². The number of halogens is 1. The summed E-state index contributed by atoms with van der Waals surface area (Å²) in [5.41, 5.74) is 5.03. The maximum atomic E-state index is 10.5. The van der Waals surface area contributed by atoms with Crippen molar-refractivity contribution in [3.05, 3.63) is 69.2 Å². The molecule has 2 atom stereocenters. The molecule has 0 heterocycles. The van der Waals surface area contributed by atoms with Gasteiger partial charge in [0.2, 0.25) is 0 Å². The topological polar surface area (TPSA) is 20.2 Å². The van der Waals surface area contributed by atoms with E-state index in [1.165, 1.54) is 11.1 Å². The lowest BCUT2D eigenvalue weighted by molar-refractivity contribution is 0.153. The Morgan fingerprint density at radius 3 is 2.79 bits per heavy atom. The second kappa shape index (κ2) is 5.10. The fourth-order valence-electron chi connectivity index (χ4n) is 2.95. The Morgan fingerprint density at radius 1 is 1.21 bits per heavy atom. The molecule has 98 valence electrons. The van der Waals surface area contributed by atoms with E-state index in [0.717, 1.165) is 28.4 Å². The average Bonchev–Trinajstić information content (AvgIpc) is 2.39. The number of hydrogen-bond acceptors (Lipinski definition) is 1. The molecule has 2 aromatic carbocycles. The van der Waals surface area contributed by atoms with Crippen molar-refractivity contribution in [2.24, 2.45) is 0 Å². The summed E-state index contributed by atoms with van der Waals surface area (Å²) < 4.78 is 1.07. The van der Waals surface area contributed by atoms with Crippen molar-refractivity contribution >= 4 is 15.9 Å². The van der Waals surface area contributed by atoms with Gasteiger partial charge in [0, 0.05) is 4.47 Å². The highest BCUT2D eigenvalue weighted by Gasteiger charge is 2.28. The molecule has 0 fully saturated rings. The quantitative estimate of drug-likeness (QED) is 0.882. The maximum Gasteiger partial charge on any atom is 0.0799 e. The lowest BCUT2D eigenvalue weighted by atomic mass is 9.74. The van der Waals surface area contributed by atoms with Crippen molar-refractivity contribution < 1.29 is 5.11 Å². The summed E-state index contributed by atoms with van der Waals surface area (Å²) in [7, 11) is 0. The van der Waals surface area contributed by atoms with Crippen LogP contribution in [0.5, 0.6) is 0 Å². The third-order valence-electron chi connectivity index (χ3n) is 4.14. The smallest absolute Gasteiger partial charge is 0.0799 e. The molecule has 0 saturated carbocycles. The first-order valence-corrected chi connectivity index (χ1v) is 7.47. The number of rotatable bonds is 3. The Kier molecular flexibility index (Phi) is 3.46. The first-order valence-electron chi connectivity index (χ1n) is 6.67. The van der Waals surface area contributed by atoms with Crippen LogP contribution in [0, 0.1) is 6.92 Å². The summed E-state index contributed by atoms with van der Waals surface area (Å²) in [6, 6.07) is 14.6. The highest BCUT2D eigenvalue weighted by molar-refractivity contribution is 9.10. The maximum absolute atomic E-state index is 10.5. The minimum atomic E-state index is -0.379. The molecule has 1 aliphatic carbocycles. The molecule has 2 unspecified atom stereocenters. The second-order valence-electron chi connectivity index (χ2n) is 5.31. The highest BCUT2D eigenvalue weighted by atomic mass is 79.9. The number of benzene rings is 2. The molecule has 0 saturated heterocycles. The first kappa shape index (κ1) is 12.9. The van der Waals surface area contributed by atoms with Gasteiger partial charge < -0.3 is 5.11 Å². The van der Waals surface area contributed by atoms with Crippen LogP contribution in [0.4, 0.5) is 0 Å². The molecule has 0 radical (unpaired) electrons. The predicted octanol–water partition coefficient (Wildman–Crippen LogP) is 4.52. The van der Waals surface area contributed by atoms with Crippen LogP contribution in [0.2, 0.25) is 0 Å². The Balaban J connectivity index is 1.77. The molecular formula is C17H17BrO. The monoisotopic (exact) mass is 316 g/mol. The van der Waals surface area contributed by atoms with Crippen molar-refractivity contribution in [1.82, 2.24) is 0 Å². The van der Waals surface area contributed by atoms with Gasteiger partial charge in [0.05, 0.1) is 6.10 Å². The van der Waals surface area contributed by atoms with E-state index in [0.29, 0.717) is 5.92 Å².